The number of nitrogens with one attached hydrogen (secondary N) is 2. The highest BCUT2D eigenvalue weighted by molar-refractivity contribution is 7.90. The van der Waals surface area contributed by atoms with Crippen LogP contribution in [0.3, 0.4) is 0 Å². The molecule has 11 heteroatoms. The molecule has 1 fully saturated rings. The van der Waals surface area contributed by atoms with Gasteiger partial charge in [0.05, 0.1) is 16.6 Å². The van der Waals surface area contributed by atoms with Crippen LogP contribution in [0.15, 0.2) is 53.7 Å². The molecule has 3 aromatic heterocycles. The molecule has 0 radical (unpaired) electrons. The molecule has 0 bridgehead atoms. The number of imidazole rings is 1. The van der Waals surface area contributed by atoms with Crippen LogP contribution in [0.1, 0.15) is 58.3 Å². The Morgan fingerprint density at radius 1 is 1.08 bits per heavy atom. The summed E-state index contributed by atoms with van der Waals surface area (Å²) in [7, 11) is -3.77. The number of nitrogens with zero attached hydrogens (tertiary/aromatic N) is 4. The molecule has 0 saturated heterocycles. The SMILES string of the molecule is Cc1nc2cnc3c(ccn3S(=O)(=O)c3ccccc3)c2n1C1CCC(NCCNC(=O)OC(C)(C)C)CC1. The molecule has 1 aliphatic rings. The van der Waals surface area contributed by atoms with Crippen molar-refractivity contribution >= 4 is 38.2 Å². The molecule has 0 unspecified atom stereocenters. The maximum atomic E-state index is 13.3. The Kier molecular flexibility index (Phi) is 7.39. The van der Waals surface area contributed by atoms with E-state index in [-0.39, 0.29) is 10.9 Å². The van der Waals surface area contributed by atoms with Crippen molar-refractivity contribution in [2.45, 2.75) is 76.0 Å². The molecule has 2 N–H and O–H groups in total. The predicted molar refractivity (Wildman–Crippen MR) is 150 cm³/mol. The van der Waals surface area contributed by atoms with Crippen LogP contribution in [0, 0.1) is 6.92 Å². The van der Waals surface area contributed by atoms with E-state index < -0.39 is 21.7 Å². The van der Waals surface area contributed by atoms with Gasteiger partial charge in [-0.3, -0.25) is 0 Å². The molecule has 10 nitrogen and oxygen atoms in total. The standard InChI is InChI=1S/C28H36N6O4S/c1-19-32-24-18-31-26-23(14-17-33(26)39(36,37)22-8-6-5-7-9-22)25(24)34(19)21-12-10-20(11-13-21)29-15-16-30-27(35)38-28(2,3)4/h5-9,14,17-18,20-21,29H,10-13,15-16H2,1-4H3,(H,30,35). The van der Waals surface area contributed by atoms with Gasteiger partial charge in [-0.1, -0.05) is 18.2 Å². The lowest BCUT2D eigenvalue weighted by molar-refractivity contribution is 0.0527. The van der Waals surface area contributed by atoms with Gasteiger partial charge in [0.25, 0.3) is 10.0 Å². The van der Waals surface area contributed by atoms with Gasteiger partial charge in [-0.2, -0.15) is 0 Å². The fraction of sp³-hybridized carbons (Fsp3) is 0.464. The summed E-state index contributed by atoms with van der Waals surface area (Å²) in [6.07, 6.45) is 6.77. The highest BCUT2D eigenvalue weighted by atomic mass is 32.2. The molecule has 208 valence electrons. The molecule has 1 amide bonds. The maximum absolute atomic E-state index is 13.3. The van der Waals surface area contributed by atoms with Crippen LogP contribution in [-0.4, -0.2) is 57.8 Å². The second-order valence-electron chi connectivity index (χ2n) is 11.1. The first-order chi connectivity index (χ1) is 18.5. The van der Waals surface area contributed by atoms with E-state index in [2.05, 4.69) is 20.2 Å². The Morgan fingerprint density at radius 2 is 1.79 bits per heavy atom. The van der Waals surface area contributed by atoms with Gasteiger partial charge < -0.3 is 19.9 Å². The number of aromatic nitrogens is 4. The number of amides is 1. The van der Waals surface area contributed by atoms with E-state index >= 15 is 0 Å². The first-order valence-electron chi connectivity index (χ1n) is 13.4. The summed E-state index contributed by atoms with van der Waals surface area (Å²) in [4.78, 5) is 21.3. The van der Waals surface area contributed by atoms with Gasteiger partial charge in [0.15, 0.2) is 5.65 Å². The molecule has 5 rings (SSSR count). The molecular weight excluding hydrogens is 516 g/mol. The van der Waals surface area contributed by atoms with Crippen molar-refractivity contribution in [1.82, 2.24) is 29.1 Å². The van der Waals surface area contributed by atoms with Crippen LogP contribution >= 0.6 is 0 Å². The molecule has 0 spiro atoms. The van der Waals surface area contributed by atoms with Crippen LogP contribution in [0.4, 0.5) is 4.79 Å². The largest absolute Gasteiger partial charge is 0.444 e. The fourth-order valence-corrected chi connectivity index (χ4v) is 6.73. The number of carbonyl (C=O) groups is 1. The Bertz CT molecular complexity index is 1580. The van der Waals surface area contributed by atoms with E-state index in [4.69, 9.17) is 9.72 Å². The third kappa shape index (κ3) is 5.65. The van der Waals surface area contributed by atoms with Crippen molar-refractivity contribution in [3.63, 3.8) is 0 Å². The minimum atomic E-state index is -3.77. The van der Waals surface area contributed by atoms with E-state index in [0.717, 1.165) is 47.9 Å². The normalized spacial score (nSPS) is 18.5. The number of rotatable bonds is 7. The summed E-state index contributed by atoms with van der Waals surface area (Å²) in [5, 5.41) is 7.12. The number of benzene rings is 1. The summed E-state index contributed by atoms with van der Waals surface area (Å²) in [5.41, 5.74) is 1.59. The van der Waals surface area contributed by atoms with Crippen molar-refractivity contribution in [2.75, 3.05) is 13.1 Å². The van der Waals surface area contributed by atoms with Crippen LogP contribution in [0.25, 0.3) is 22.1 Å². The van der Waals surface area contributed by atoms with Crippen LogP contribution < -0.4 is 10.6 Å². The molecule has 0 atom stereocenters. The minimum Gasteiger partial charge on any atom is -0.444 e. The number of hydrogen-bond donors (Lipinski definition) is 2. The molecule has 1 aromatic carbocycles. The molecular formula is C28H36N6O4S. The molecule has 39 heavy (non-hydrogen) atoms. The number of fused-ring (bicyclic) bond motifs is 3. The zero-order valence-electron chi connectivity index (χ0n) is 22.8. The topological polar surface area (TPSA) is 120 Å². The van der Waals surface area contributed by atoms with Crippen LogP contribution in [0.5, 0.6) is 0 Å². The van der Waals surface area contributed by atoms with Gasteiger partial charge in [-0.25, -0.2) is 27.2 Å². The number of pyridine rings is 1. The van der Waals surface area contributed by atoms with E-state index in [9.17, 15) is 13.2 Å². The first-order valence-corrected chi connectivity index (χ1v) is 14.8. The van der Waals surface area contributed by atoms with Crippen LogP contribution in [0.2, 0.25) is 0 Å². The average molecular weight is 553 g/mol. The molecule has 1 saturated carbocycles. The Morgan fingerprint density at radius 3 is 2.49 bits per heavy atom. The lowest BCUT2D eigenvalue weighted by Crippen LogP contribution is -2.40. The Hall–Kier alpha value is -3.44. The molecule has 1 aliphatic carbocycles. The quantitative estimate of drug-likeness (QED) is 0.323. The second-order valence-corrected chi connectivity index (χ2v) is 12.9. The van der Waals surface area contributed by atoms with E-state index in [1.165, 1.54) is 3.97 Å². The Balaban J connectivity index is 1.30. The summed E-state index contributed by atoms with van der Waals surface area (Å²) < 4.78 is 35.5. The second kappa shape index (κ2) is 10.6. The monoisotopic (exact) mass is 552 g/mol. The minimum absolute atomic E-state index is 0.223. The predicted octanol–water partition coefficient (Wildman–Crippen LogP) is 4.53. The van der Waals surface area contributed by atoms with E-state index in [0.29, 0.717) is 24.8 Å². The third-order valence-electron chi connectivity index (χ3n) is 7.09. The highest BCUT2D eigenvalue weighted by Crippen LogP contribution is 2.35. The Labute approximate surface area is 228 Å². The average Bonchev–Trinajstić information content (AvgIpc) is 3.47. The summed E-state index contributed by atoms with van der Waals surface area (Å²) in [5.74, 6) is 0.899. The van der Waals surface area contributed by atoms with Gasteiger partial charge >= 0.3 is 6.09 Å². The summed E-state index contributed by atoms with van der Waals surface area (Å²) >= 11 is 0. The smallest absolute Gasteiger partial charge is 0.407 e. The van der Waals surface area contributed by atoms with Gasteiger partial charge in [-0.15, -0.1) is 0 Å². The first kappa shape index (κ1) is 27.1. The third-order valence-corrected chi connectivity index (χ3v) is 8.77. The molecule has 4 aromatic rings. The highest BCUT2D eigenvalue weighted by Gasteiger charge is 2.27. The van der Waals surface area contributed by atoms with Crippen molar-refractivity contribution in [3.05, 3.63) is 54.6 Å². The van der Waals surface area contributed by atoms with Gasteiger partial charge in [0, 0.05) is 36.8 Å². The maximum Gasteiger partial charge on any atom is 0.407 e. The van der Waals surface area contributed by atoms with E-state index in [1.54, 1.807) is 42.7 Å². The number of hydrogen-bond acceptors (Lipinski definition) is 7. The summed E-state index contributed by atoms with van der Waals surface area (Å²) in [6.45, 7) is 8.72. The number of ether oxygens (including phenoxy) is 1. The lowest BCUT2D eigenvalue weighted by atomic mass is 9.90. The zero-order chi connectivity index (χ0) is 27.8. The van der Waals surface area contributed by atoms with Crippen molar-refractivity contribution in [3.8, 4) is 0 Å². The van der Waals surface area contributed by atoms with Crippen molar-refractivity contribution < 1.29 is 17.9 Å². The molecule has 0 aliphatic heterocycles. The number of carbonyl (C=O) groups excluding carboxylic acids is 1. The number of alkyl carbamates (subject to hydrolysis) is 1. The van der Waals surface area contributed by atoms with Crippen LogP contribution in [-0.2, 0) is 14.8 Å². The van der Waals surface area contributed by atoms with Gasteiger partial charge in [-0.05, 0) is 71.6 Å². The van der Waals surface area contributed by atoms with Crippen molar-refractivity contribution in [1.29, 1.82) is 0 Å². The van der Waals surface area contributed by atoms with Crippen molar-refractivity contribution in [2.24, 2.45) is 0 Å². The lowest BCUT2D eigenvalue weighted by Gasteiger charge is -2.31. The van der Waals surface area contributed by atoms with Gasteiger partial charge in [0.1, 0.15) is 16.9 Å². The summed E-state index contributed by atoms with van der Waals surface area (Å²) in [6, 6.07) is 10.9. The van der Waals surface area contributed by atoms with E-state index in [1.807, 2.05) is 33.8 Å². The molecule has 3 heterocycles. The van der Waals surface area contributed by atoms with Gasteiger partial charge in [0.2, 0.25) is 0 Å². The zero-order valence-corrected chi connectivity index (χ0v) is 23.7. The fourth-order valence-electron chi connectivity index (χ4n) is 5.40. The number of aryl methyl sites for hydroxylation is 1.